The Morgan fingerprint density at radius 1 is 1.15 bits per heavy atom. The van der Waals surface area contributed by atoms with E-state index in [0.29, 0.717) is 21.6 Å². The lowest BCUT2D eigenvalue weighted by molar-refractivity contribution is 0.0462. The third-order valence-corrected chi connectivity index (χ3v) is 5.04. The summed E-state index contributed by atoms with van der Waals surface area (Å²) in [6.45, 7) is 1.82. The molecule has 4 rings (SSSR count). The van der Waals surface area contributed by atoms with Crippen molar-refractivity contribution >= 4 is 27.5 Å². The van der Waals surface area contributed by atoms with E-state index < -0.39 is 5.97 Å². The van der Waals surface area contributed by atoms with Crippen LogP contribution in [0.25, 0.3) is 21.3 Å². The number of ether oxygens (including phenoxy) is 1. The summed E-state index contributed by atoms with van der Waals surface area (Å²) in [6.07, 6.45) is 0. The molecule has 0 saturated heterocycles. The first-order chi connectivity index (χ1) is 13.1. The van der Waals surface area contributed by atoms with Crippen LogP contribution in [0, 0.1) is 6.92 Å². The summed E-state index contributed by atoms with van der Waals surface area (Å²) in [7, 11) is 0. The highest BCUT2D eigenvalue weighted by Gasteiger charge is 2.14. The topological polar surface area (TPSA) is 72.0 Å². The Morgan fingerprint density at radius 3 is 2.74 bits per heavy atom. The number of aromatic nitrogens is 2. The van der Waals surface area contributed by atoms with Crippen LogP contribution in [0.4, 0.5) is 0 Å². The maximum absolute atomic E-state index is 12.6. The minimum absolute atomic E-state index is 0.0868. The molecule has 2 aromatic carbocycles. The first-order valence-corrected chi connectivity index (χ1v) is 9.29. The normalized spacial score (nSPS) is 10.9. The van der Waals surface area contributed by atoms with Crippen molar-refractivity contribution in [3.63, 3.8) is 0 Å². The maximum atomic E-state index is 12.6. The number of carbonyl (C=O) groups is 1. The number of benzene rings is 2. The number of esters is 1. The number of carbonyl (C=O) groups excluding carboxylic acids is 1. The molecule has 6 heteroatoms. The third kappa shape index (κ3) is 3.52. The van der Waals surface area contributed by atoms with Gasteiger partial charge in [-0.25, -0.2) is 9.78 Å². The number of H-pyrrole nitrogens is 1. The highest BCUT2D eigenvalue weighted by atomic mass is 32.1. The van der Waals surface area contributed by atoms with Crippen LogP contribution in [0.3, 0.4) is 0 Å². The second-order valence-corrected chi connectivity index (χ2v) is 7.01. The van der Waals surface area contributed by atoms with Crippen molar-refractivity contribution in [3.8, 4) is 11.1 Å². The molecule has 4 aromatic rings. The molecule has 0 aliphatic heterocycles. The van der Waals surface area contributed by atoms with Crippen molar-refractivity contribution in [1.29, 1.82) is 0 Å². The number of aromatic amines is 1. The molecule has 0 spiro atoms. The van der Waals surface area contributed by atoms with Gasteiger partial charge in [-0.05, 0) is 24.6 Å². The van der Waals surface area contributed by atoms with E-state index in [9.17, 15) is 9.59 Å². The Balaban J connectivity index is 1.59. The fraction of sp³-hybridized carbons (Fsp3) is 0.0952. The van der Waals surface area contributed by atoms with E-state index in [0.717, 1.165) is 16.7 Å². The maximum Gasteiger partial charge on any atom is 0.338 e. The lowest BCUT2D eigenvalue weighted by atomic mass is 10.1. The van der Waals surface area contributed by atoms with Crippen LogP contribution in [0.15, 0.2) is 64.8 Å². The van der Waals surface area contributed by atoms with Crippen molar-refractivity contribution in [2.75, 3.05) is 0 Å². The van der Waals surface area contributed by atoms with Crippen molar-refractivity contribution in [1.82, 2.24) is 9.97 Å². The Morgan fingerprint density at radius 2 is 1.96 bits per heavy atom. The molecule has 0 radical (unpaired) electrons. The quantitative estimate of drug-likeness (QED) is 0.539. The van der Waals surface area contributed by atoms with Crippen LogP contribution >= 0.6 is 11.3 Å². The molecule has 0 amide bonds. The summed E-state index contributed by atoms with van der Waals surface area (Å²) in [5.74, 6) is -0.118. The lowest BCUT2D eigenvalue weighted by Gasteiger charge is -2.05. The number of thiophene rings is 1. The van der Waals surface area contributed by atoms with Crippen LogP contribution < -0.4 is 5.56 Å². The van der Waals surface area contributed by atoms with E-state index in [1.807, 2.05) is 48.7 Å². The van der Waals surface area contributed by atoms with Crippen LogP contribution in [0.5, 0.6) is 0 Å². The molecule has 0 atom stereocenters. The van der Waals surface area contributed by atoms with Crippen LogP contribution in [0.2, 0.25) is 0 Å². The molecular formula is C21H16N2O3S. The summed E-state index contributed by atoms with van der Waals surface area (Å²) >= 11 is 1.40. The smallest absolute Gasteiger partial charge is 0.338 e. The van der Waals surface area contributed by atoms with Crippen molar-refractivity contribution in [3.05, 3.63) is 87.3 Å². The number of nitrogens with zero attached hydrogens (tertiary/aromatic N) is 1. The average molecular weight is 376 g/mol. The molecule has 0 saturated carbocycles. The Bertz CT molecular complexity index is 1180. The molecule has 0 fully saturated rings. The molecule has 2 aromatic heterocycles. The van der Waals surface area contributed by atoms with E-state index in [1.165, 1.54) is 11.3 Å². The van der Waals surface area contributed by atoms with Gasteiger partial charge in [-0.2, -0.15) is 0 Å². The van der Waals surface area contributed by atoms with E-state index in [4.69, 9.17) is 4.74 Å². The number of hydrogen-bond acceptors (Lipinski definition) is 5. The highest BCUT2D eigenvalue weighted by Crippen LogP contribution is 2.30. The fourth-order valence-electron chi connectivity index (χ4n) is 2.88. The van der Waals surface area contributed by atoms with Gasteiger partial charge in [-0.1, -0.05) is 48.0 Å². The van der Waals surface area contributed by atoms with Crippen LogP contribution in [-0.4, -0.2) is 15.9 Å². The first kappa shape index (κ1) is 17.2. The molecule has 0 bridgehead atoms. The number of hydrogen-bond donors (Lipinski definition) is 1. The van der Waals surface area contributed by atoms with Gasteiger partial charge in [0.05, 0.1) is 10.9 Å². The number of aryl methyl sites for hydroxylation is 1. The third-order valence-electron chi connectivity index (χ3n) is 4.17. The summed E-state index contributed by atoms with van der Waals surface area (Å²) < 4.78 is 5.30. The van der Waals surface area contributed by atoms with Crippen LogP contribution in [0.1, 0.15) is 21.7 Å². The summed E-state index contributed by atoms with van der Waals surface area (Å²) in [5.41, 5.74) is 3.04. The minimum Gasteiger partial charge on any atom is -0.454 e. The van der Waals surface area contributed by atoms with E-state index in [2.05, 4.69) is 9.97 Å². The van der Waals surface area contributed by atoms with Gasteiger partial charge in [0.1, 0.15) is 17.3 Å². The molecule has 1 N–H and O–H groups in total. The molecular weight excluding hydrogens is 360 g/mol. The number of fused-ring (bicyclic) bond motifs is 1. The second-order valence-electron chi connectivity index (χ2n) is 6.15. The molecule has 134 valence electrons. The Hall–Kier alpha value is -3.25. The number of rotatable bonds is 4. The SMILES string of the molecule is Cc1cccc(C(=O)OCc2nc3scc(-c4ccccc4)c3c(=O)[nH]2)c1. The van der Waals surface area contributed by atoms with Gasteiger partial charge < -0.3 is 9.72 Å². The van der Waals surface area contributed by atoms with Gasteiger partial charge in [0, 0.05) is 10.9 Å². The van der Waals surface area contributed by atoms with Gasteiger partial charge in [0.2, 0.25) is 0 Å². The predicted molar refractivity (Wildman–Crippen MR) is 106 cm³/mol. The monoisotopic (exact) mass is 376 g/mol. The molecule has 0 aliphatic carbocycles. The molecule has 27 heavy (non-hydrogen) atoms. The highest BCUT2D eigenvalue weighted by molar-refractivity contribution is 7.17. The van der Waals surface area contributed by atoms with E-state index >= 15 is 0 Å². The van der Waals surface area contributed by atoms with E-state index in [-0.39, 0.29) is 12.2 Å². The van der Waals surface area contributed by atoms with Crippen LogP contribution in [-0.2, 0) is 11.3 Å². The van der Waals surface area contributed by atoms with Gasteiger partial charge in [-0.3, -0.25) is 4.79 Å². The number of nitrogens with one attached hydrogen (secondary N) is 1. The van der Waals surface area contributed by atoms with E-state index in [1.54, 1.807) is 18.2 Å². The standard InChI is InChI=1S/C21H16N2O3S/c1-13-6-5-9-15(10-13)21(25)26-11-17-22-19(24)18-16(12-27-20(18)23-17)14-7-3-2-4-8-14/h2-10,12H,11H2,1H3,(H,22,23,24). The predicted octanol–water partition coefficient (Wildman–Crippen LogP) is 4.32. The summed E-state index contributed by atoms with van der Waals surface area (Å²) in [4.78, 5) is 32.6. The van der Waals surface area contributed by atoms with Gasteiger partial charge in [-0.15, -0.1) is 11.3 Å². The zero-order chi connectivity index (χ0) is 18.8. The van der Waals surface area contributed by atoms with Crippen molar-refractivity contribution in [2.45, 2.75) is 13.5 Å². The zero-order valence-corrected chi connectivity index (χ0v) is 15.4. The fourth-order valence-corrected chi connectivity index (χ4v) is 3.85. The largest absolute Gasteiger partial charge is 0.454 e. The zero-order valence-electron chi connectivity index (χ0n) is 14.6. The summed E-state index contributed by atoms with van der Waals surface area (Å²) in [5, 5.41) is 2.48. The molecule has 2 heterocycles. The molecule has 0 aliphatic rings. The van der Waals surface area contributed by atoms with Crippen molar-refractivity contribution < 1.29 is 9.53 Å². The van der Waals surface area contributed by atoms with Crippen molar-refractivity contribution in [2.24, 2.45) is 0 Å². The lowest BCUT2D eigenvalue weighted by Crippen LogP contribution is -2.14. The summed E-state index contributed by atoms with van der Waals surface area (Å²) in [6, 6.07) is 16.9. The minimum atomic E-state index is -0.447. The van der Waals surface area contributed by atoms with Gasteiger partial charge in [0.25, 0.3) is 5.56 Å². The second kappa shape index (κ2) is 7.17. The van der Waals surface area contributed by atoms with Gasteiger partial charge in [0.15, 0.2) is 0 Å². The Kier molecular flexibility index (Phi) is 4.56. The average Bonchev–Trinajstić information content (AvgIpc) is 3.11. The molecule has 5 nitrogen and oxygen atoms in total. The Labute approximate surface area is 159 Å². The first-order valence-electron chi connectivity index (χ1n) is 8.41. The molecule has 0 unspecified atom stereocenters. The van der Waals surface area contributed by atoms with Gasteiger partial charge >= 0.3 is 5.97 Å².